The molecule has 0 aliphatic rings. The van der Waals surface area contributed by atoms with Gasteiger partial charge in [0.25, 0.3) is 0 Å². The fourth-order valence-electron chi connectivity index (χ4n) is 2.02. The van der Waals surface area contributed by atoms with Crippen LogP contribution in [0.25, 0.3) is 11.0 Å². The monoisotopic (exact) mass is 227 g/mol. The van der Waals surface area contributed by atoms with Gasteiger partial charge in [0.05, 0.1) is 29.7 Å². The third kappa shape index (κ3) is 1.58. The first-order chi connectivity index (χ1) is 8.25. The topological polar surface area (TPSA) is 57.0 Å². The van der Waals surface area contributed by atoms with Crippen LogP contribution in [0.3, 0.4) is 0 Å². The Balaban J connectivity index is 2.12. The first kappa shape index (κ1) is 9.96. The lowest BCUT2D eigenvalue weighted by Gasteiger charge is -2.11. The zero-order chi connectivity index (χ0) is 11.8. The van der Waals surface area contributed by atoms with Crippen LogP contribution in [0.4, 0.5) is 5.69 Å². The molecule has 2 N–H and O–H groups in total. The van der Waals surface area contributed by atoms with Crippen LogP contribution in [0.15, 0.2) is 47.3 Å². The number of hydrogen-bond acceptors (Lipinski definition) is 3. The maximum atomic E-state index is 5.74. The minimum atomic E-state index is 0.124. The van der Waals surface area contributed by atoms with Gasteiger partial charge in [0.1, 0.15) is 5.76 Å². The predicted molar refractivity (Wildman–Crippen MR) is 66.7 cm³/mol. The first-order valence-corrected chi connectivity index (χ1v) is 5.51. The lowest BCUT2D eigenvalue weighted by molar-refractivity contribution is 0.451. The molecule has 0 radical (unpaired) electrons. The molecule has 2 heterocycles. The highest BCUT2D eigenvalue weighted by Crippen LogP contribution is 2.24. The van der Waals surface area contributed by atoms with E-state index in [4.69, 9.17) is 10.2 Å². The number of fused-ring (bicyclic) bond motifs is 1. The van der Waals surface area contributed by atoms with Gasteiger partial charge in [-0.3, -0.25) is 0 Å². The van der Waals surface area contributed by atoms with Crippen molar-refractivity contribution < 1.29 is 4.42 Å². The second kappa shape index (κ2) is 3.66. The zero-order valence-electron chi connectivity index (χ0n) is 9.50. The molecule has 4 nitrogen and oxygen atoms in total. The fourth-order valence-corrected chi connectivity index (χ4v) is 2.02. The van der Waals surface area contributed by atoms with Crippen molar-refractivity contribution in [2.75, 3.05) is 5.73 Å². The molecule has 0 fully saturated rings. The number of imidazole rings is 1. The number of benzene rings is 1. The van der Waals surface area contributed by atoms with Gasteiger partial charge in [-0.05, 0) is 37.3 Å². The van der Waals surface area contributed by atoms with Gasteiger partial charge in [0.15, 0.2) is 0 Å². The lowest BCUT2D eigenvalue weighted by Crippen LogP contribution is -2.04. The Morgan fingerprint density at radius 2 is 2.24 bits per heavy atom. The molecule has 1 unspecified atom stereocenters. The number of hydrogen-bond donors (Lipinski definition) is 1. The number of anilines is 1. The minimum Gasteiger partial charge on any atom is -0.467 e. The fraction of sp³-hybridized carbons (Fsp3) is 0.154. The van der Waals surface area contributed by atoms with Crippen LogP contribution in [0.1, 0.15) is 18.7 Å². The van der Waals surface area contributed by atoms with Gasteiger partial charge >= 0.3 is 0 Å². The van der Waals surface area contributed by atoms with Gasteiger partial charge in [-0.1, -0.05) is 0 Å². The molecule has 0 saturated carbocycles. The summed E-state index contributed by atoms with van der Waals surface area (Å²) in [6, 6.07) is 9.72. The average Bonchev–Trinajstić information content (AvgIpc) is 2.96. The highest BCUT2D eigenvalue weighted by molar-refractivity contribution is 5.79. The van der Waals surface area contributed by atoms with E-state index in [0.717, 1.165) is 22.5 Å². The van der Waals surface area contributed by atoms with E-state index in [9.17, 15) is 0 Å². The van der Waals surface area contributed by atoms with E-state index in [2.05, 4.69) is 16.5 Å². The summed E-state index contributed by atoms with van der Waals surface area (Å²) in [5.74, 6) is 0.918. The zero-order valence-corrected chi connectivity index (χ0v) is 9.50. The van der Waals surface area contributed by atoms with E-state index in [1.165, 1.54) is 0 Å². The second-order valence-corrected chi connectivity index (χ2v) is 4.09. The number of nitrogens with two attached hydrogens (primary N) is 1. The molecule has 1 aromatic carbocycles. The van der Waals surface area contributed by atoms with E-state index < -0.39 is 0 Å². The number of nitrogens with zero attached hydrogens (tertiary/aromatic N) is 2. The van der Waals surface area contributed by atoms with Crippen molar-refractivity contribution in [3.05, 3.63) is 48.7 Å². The SMILES string of the molecule is CC(c1ccco1)n1cnc2cc(N)ccc21. The van der Waals surface area contributed by atoms with Crippen LogP contribution >= 0.6 is 0 Å². The Labute approximate surface area is 98.7 Å². The molecule has 0 amide bonds. The molecule has 3 rings (SSSR count). The van der Waals surface area contributed by atoms with Crippen LogP contribution in [0.5, 0.6) is 0 Å². The molecule has 0 saturated heterocycles. The summed E-state index contributed by atoms with van der Waals surface area (Å²) in [6.45, 7) is 2.08. The Hall–Kier alpha value is -2.23. The molecular weight excluding hydrogens is 214 g/mol. The third-order valence-electron chi connectivity index (χ3n) is 2.97. The minimum absolute atomic E-state index is 0.124. The van der Waals surface area contributed by atoms with Crippen molar-refractivity contribution >= 4 is 16.7 Å². The molecule has 17 heavy (non-hydrogen) atoms. The quantitative estimate of drug-likeness (QED) is 0.685. The third-order valence-corrected chi connectivity index (χ3v) is 2.97. The van der Waals surface area contributed by atoms with Crippen LogP contribution in [0, 0.1) is 0 Å². The van der Waals surface area contributed by atoms with Crippen molar-refractivity contribution in [1.29, 1.82) is 0 Å². The van der Waals surface area contributed by atoms with Crippen LogP contribution in [0.2, 0.25) is 0 Å². The van der Waals surface area contributed by atoms with Crippen LogP contribution in [-0.4, -0.2) is 9.55 Å². The summed E-state index contributed by atoms with van der Waals surface area (Å²) in [4.78, 5) is 4.35. The number of rotatable bonds is 2. The maximum absolute atomic E-state index is 5.74. The molecule has 3 aromatic rings. The average molecular weight is 227 g/mol. The largest absolute Gasteiger partial charge is 0.467 e. The smallest absolute Gasteiger partial charge is 0.126 e. The van der Waals surface area contributed by atoms with E-state index in [-0.39, 0.29) is 6.04 Å². The van der Waals surface area contributed by atoms with Crippen LogP contribution in [-0.2, 0) is 0 Å². The van der Waals surface area contributed by atoms with Crippen molar-refractivity contribution in [3.8, 4) is 0 Å². The molecule has 0 spiro atoms. The normalized spacial score (nSPS) is 13.0. The van der Waals surface area contributed by atoms with E-state index in [1.807, 2.05) is 36.7 Å². The number of furan rings is 1. The lowest BCUT2D eigenvalue weighted by atomic mass is 10.2. The van der Waals surface area contributed by atoms with E-state index >= 15 is 0 Å². The molecule has 0 aliphatic carbocycles. The highest BCUT2D eigenvalue weighted by atomic mass is 16.3. The predicted octanol–water partition coefficient (Wildman–Crippen LogP) is 2.82. The Bertz CT molecular complexity index is 640. The molecule has 1 atom stereocenters. The molecule has 0 bridgehead atoms. The Morgan fingerprint density at radius 3 is 3.00 bits per heavy atom. The second-order valence-electron chi connectivity index (χ2n) is 4.09. The highest BCUT2D eigenvalue weighted by Gasteiger charge is 2.13. The molecule has 4 heteroatoms. The van der Waals surface area contributed by atoms with Crippen molar-refractivity contribution in [1.82, 2.24) is 9.55 Å². The number of aromatic nitrogens is 2. The Morgan fingerprint density at radius 1 is 1.35 bits per heavy atom. The summed E-state index contributed by atoms with van der Waals surface area (Å²) in [7, 11) is 0. The summed E-state index contributed by atoms with van der Waals surface area (Å²) in [5.41, 5.74) is 8.43. The van der Waals surface area contributed by atoms with Crippen molar-refractivity contribution in [2.45, 2.75) is 13.0 Å². The van der Waals surface area contributed by atoms with E-state index in [0.29, 0.717) is 0 Å². The molecule has 86 valence electrons. The maximum Gasteiger partial charge on any atom is 0.126 e. The number of nitrogen functional groups attached to an aromatic ring is 1. The molecule has 2 aromatic heterocycles. The first-order valence-electron chi connectivity index (χ1n) is 5.51. The van der Waals surface area contributed by atoms with Crippen LogP contribution < -0.4 is 5.73 Å². The Kier molecular flexibility index (Phi) is 2.14. The van der Waals surface area contributed by atoms with Crippen molar-refractivity contribution in [3.63, 3.8) is 0 Å². The summed E-state index contributed by atoms with van der Waals surface area (Å²) < 4.78 is 7.50. The van der Waals surface area contributed by atoms with Gasteiger partial charge in [-0.2, -0.15) is 0 Å². The summed E-state index contributed by atoms with van der Waals surface area (Å²) in [5, 5.41) is 0. The van der Waals surface area contributed by atoms with Gasteiger partial charge in [0, 0.05) is 5.69 Å². The van der Waals surface area contributed by atoms with Gasteiger partial charge in [-0.25, -0.2) is 4.98 Å². The molecule has 0 aliphatic heterocycles. The van der Waals surface area contributed by atoms with Gasteiger partial charge in [-0.15, -0.1) is 0 Å². The van der Waals surface area contributed by atoms with Crippen molar-refractivity contribution in [2.24, 2.45) is 0 Å². The summed E-state index contributed by atoms with van der Waals surface area (Å²) >= 11 is 0. The van der Waals surface area contributed by atoms with Gasteiger partial charge < -0.3 is 14.7 Å². The molecular formula is C13H13N3O. The standard InChI is InChI=1S/C13H13N3O/c1-9(13-3-2-6-17-13)16-8-15-11-7-10(14)4-5-12(11)16/h2-9H,14H2,1H3. The van der Waals surface area contributed by atoms with E-state index in [1.54, 1.807) is 6.26 Å². The summed E-state index contributed by atoms with van der Waals surface area (Å²) in [6.07, 6.45) is 3.50. The van der Waals surface area contributed by atoms with Gasteiger partial charge in [0.2, 0.25) is 0 Å².